The van der Waals surface area contributed by atoms with Crippen LogP contribution in [0.3, 0.4) is 0 Å². The molecule has 2 rings (SSSR count). The molecule has 1 N–H and O–H groups in total. The molecule has 0 aromatic heterocycles. The van der Waals surface area contributed by atoms with Crippen LogP contribution in [-0.4, -0.2) is 69.9 Å². The van der Waals surface area contributed by atoms with Crippen molar-refractivity contribution in [3.63, 3.8) is 0 Å². The van der Waals surface area contributed by atoms with Crippen molar-refractivity contribution in [2.45, 2.75) is 0 Å². The van der Waals surface area contributed by atoms with Gasteiger partial charge in [-0.3, -0.25) is 10.1 Å². The predicted molar refractivity (Wildman–Crippen MR) is 117 cm³/mol. The highest BCUT2D eigenvalue weighted by molar-refractivity contribution is 5.52. The Morgan fingerprint density at radius 2 is 1.32 bits per heavy atom. The SMILES string of the molecule is CN(CCOCCOCCOCCO)c1ccc(N=Nc2ccc([N+](=O)[O-])cc2)cc1. The van der Waals surface area contributed by atoms with Gasteiger partial charge in [0.25, 0.3) is 5.69 Å². The van der Waals surface area contributed by atoms with Crippen LogP contribution >= 0.6 is 0 Å². The van der Waals surface area contributed by atoms with E-state index in [9.17, 15) is 10.1 Å². The van der Waals surface area contributed by atoms with Crippen molar-refractivity contribution in [3.8, 4) is 0 Å². The van der Waals surface area contributed by atoms with Crippen molar-refractivity contribution in [2.24, 2.45) is 10.2 Å². The number of azo groups is 1. The number of anilines is 1. The largest absolute Gasteiger partial charge is 0.394 e. The maximum absolute atomic E-state index is 10.7. The van der Waals surface area contributed by atoms with E-state index in [0.717, 1.165) is 12.2 Å². The Balaban J connectivity index is 1.66. The molecule has 0 saturated carbocycles. The first-order valence-electron chi connectivity index (χ1n) is 9.91. The Morgan fingerprint density at radius 1 is 0.839 bits per heavy atom. The monoisotopic (exact) mass is 432 g/mol. The third kappa shape index (κ3) is 9.62. The summed E-state index contributed by atoms with van der Waals surface area (Å²) in [5.41, 5.74) is 2.28. The van der Waals surface area contributed by atoms with Crippen molar-refractivity contribution >= 4 is 22.7 Å². The first kappa shape index (κ1) is 24.4. The Kier molecular flexibility index (Phi) is 11.1. The summed E-state index contributed by atoms with van der Waals surface area (Å²) in [4.78, 5) is 12.3. The van der Waals surface area contributed by atoms with Crippen LogP contribution in [-0.2, 0) is 14.2 Å². The molecular formula is C21H28N4O6. The minimum Gasteiger partial charge on any atom is -0.394 e. The number of rotatable bonds is 15. The van der Waals surface area contributed by atoms with E-state index in [0.29, 0.717) is 51.0 Å². The van der Waals surface area contributed by atoms with Gasteiger partial charge in [0, 0.05) is 31.4 Å². The van der Waals surface area contributed by atoms with Gasteiger partial charge in [-0.15, -0.1) is 0 Å². The predicted octanol–water partition coefficient (Wildman–Crippen LogP) is 3.49. The third-order valence-corrected chi connectivity index (χ3v) is 4.18. The van der Waals surface area contributed by atoms with Crippen LogP contribution in [0.15, 0.2) is 58.8 Å². The van der Waals surface area contributed by atoms with Crippen molar-refractivity contribution < 1.29 is 24.2 Å². The number of benzene rings is 2. The maximum Gasteiger partial charge on any atom is 0.269 e. The molecule has 0 fully saturated rings. The maximum atomic E-state index is 10.7. The summed E-state index contributed by atoms with van der Waals surface area (Å²) < 4.78 is 16.0. The van der Waals surface area contributed by atoms with E-state index in [1.807, 2.05) is 31.3 Å². The molecule has 0 radical (unpaired) electrons. The van der Waals surface area contributed by atoms with Crippen LogP contribution < -0.4 is 4.90 Å². The third-order valence-electron chi connectivity index (χ3n) is 4.18. The molecule has 0 saturated heterocycles. The first-order valence-corrected chi connectivity index (χ1v) is 9.91. The Bertz CT molecular complexity index is 799. The zero-order valence-electron chi connectivity index (χ0n) is 17.6. The molecule has 0 heterocycles. The second-order valence-electron chi connectivity index (χ2n) is 6.47. The van der Waals surface area contributed by atoms with Crippen LogP contribution in [0.4, 0.5) is 22.7 Å². The van der Waals surface area contributed by atoms with Crippen LogP contribution in [0.1, 0.15) is 0 Å². The van der Waals surface area contributed by atoms with Gasteiger partial charge in [0.2, 0.25) is 0 Å². The second kappa shape index (κ2) is 14.1. The number of nitrogens with zero attached hydrogens (tertiary/aromatic N) is 4. The van der Waals surface area contributed by atoms with Crippen LogP contribution in [0.2, 0.25) is 0 Å². The topological polar surface area (TPSA) is 119 Å². The molecule has 31 heavy (non-hydrogen) atoms. The van der Waals surface area contributed by atoms with Gasteiger partial charge >= 0.3 is 0 Å². The zero-order chi connectivity index (χ0) is 22.3. The van der Waals surface area contributed by atoms with E-state index < -0.39 is 4.92 Å². The Hall–Kier alpha value is -2.92. The standard InChI is InChI=1S/C21H28N4O6/c1-24(10-12-29-14-16-31-17-15-30-13-11-26)20-6-2-18(3-7-20)22-23-19-4-8-21(9-5-19)25(27)28/h2-9,26H,10-17H2,1H3. The van der Waals surface area contributed by atoms with E-state index in [-0.39, 0.29) is 12.3 Å². The minimum absolute atomic E-state index is 0.0195. The highest BCUT2D eigenvalue weighted by Gasteiger charge is 2.04. The van der Waals surface area contributed by atoms with Gasteiger partial charge in [-0.2, -0.15) is 10.2 Å². The average Bonchev–Trinajstić information content (AvgIpc) is 2.79. The Morgan fingerprint density at radius 3 is 1.84 bits per heavy atom. The lowest BCUT2D eigenvalue weighted by molar-refractivity contribution is -0.384. The lowest BCUT2D eigenvalue weighted by atomic mass is 10.2. The highest BCUT2D eigenvalue weighted by Crippen LogP contribution is 2.23. The van der Waals surface area contributed by atoms with Gasteiger partial charge in [0.05, 0.1) is 62.5 Å². The zero-order valence-corrected chi connectivity index (χ0v) is 17.6. The van der Waals surface area contributed by atoms with Crippen molar-refractivity contribution in [2.75, 3.05) is 64.7 Å². The van der Waals surface area contributed by atoms with Gasteiger partial charge < -0.3 is 24.2 Å². The van der Waals surface area contributed by atoms with Gasteiger partial charge in [-0.05, 0) is 36.4 Å². The molecule has 0 amide bonds. The fourth-order valence-corrected chi connectivity index (χ4v) is 2.47. The van der Waals surface area contributed by atoms with E-state index in [2.05, 4.69) is 15.1 Å². The summed E-state index contributed by atoms with van der Waals surface area (Å²) in [7, 11) is 1.98. The van der Waals surface area contributed by atoms with E-state index >= 15 is 0 Å². The molecule has 10 heteroatoms. The average molecular weight is 432 g/mol. The fourth-order valence-electron chi connectivity index (χ4n) is 2.47. The summed E-state index contributed by atoms with van der Waals surface area (Å²) >= 11 is 0. The number of aliphatic hydroxyl groups is 1. The van der Waals surface area contributed by atoms with Crippen LogP contribution in [0.5, 0.6) is 0 Å². The molecular weight excluding hydrogens is 404 g/mol. The minimum atomic E-state index is -0.451. The van der Waals surface area contributed by atoms with Crippen molar-refractivity contribution in [1.82, 2.24) is 0 Å². The molecule has 2 aromatic carbocycles. The van der Waals surface area contributed by atoms with Gasteiger partial charge in [-0.25, -0.2) is 0 Å². The summed E-state index contributed by atoms with van der Waals surface area (Å²) in [6, 6.07) is 13.5. The molecule has 0 aliphatic carbocycles. The van der Waals surface area contributed by atoms with Crippen molar-refractivity contribution in [3.05, 3.63) is 58.6 Å². The quantitative estimate of drug-likeness (QED) is 0.198. The first-order chi connectivity index (χ1) is 15.1. The number of non-ortho nitro benzene ring substituents is 1. The van der Waals surface area contributed by atoms with Gasteiger partial charge in [0.15, 0.2) is 0 Å². The van der Waals surface area contributed by atoms with Gasteiger partial charge in [0.1, 0.15) is 0 Å². The lowest BCUT2D eigenvalue weighted by Crippen LogP contribution is -2.23. The van der Waals surface area contributed by atoms with Gasteiger partial charge in [-0.1, -0.05) is 0 Å². The number of hydrogen-bond acceptors (Lipinski definition) is 9. The van der Waals surface area contributed by atoms with Crippen molar-refractivity contribution in [1.29, 1.82) is 0 Å². The summed E-state index contributed by atoms with van der Waals surface area (Å²) in [6.45, 7) is 3.60. The summed E-state index contributed by atoms with van der Waals surface area (Å²) in [5.74, 6) is 0. The summed E-state index contributed by atoms with van der Waals surface area (Å²) in [6.07, 6.45) is 0. The molecule has 168 valence electrons. The molecule has 0 bridgehead atoms. The van der Waals surface area contributed by atoms with E-state index in [1.165, 1.54) is 12.1 Å². The molecule has 0 aliphatic rings. The highest BCUT2D eigenvalue weighted by atomic mass is 16.6. The lowest BCUT2D eigenvalue weighted by Gasteiger charge is -2.19. The molecule has 0 spiro atoms. The molecule has 0 atom stereocenters. The number of hydrogen-bond donors (Lipinski definition) is 1. The molecule has 10 nitrogen and oxygen atoms in total. The van der Waals surface area contributed by atoms with E-state index in [1.54, 1.807) is 12.1 Å². The smallest absolute Gasteiger partial charge is 0.269 e. The summed E-state index contributed by atoms with van der Waals surface area (Å²) in [5, 5.41) is 27.5. The van der Waals surface area contributed by atoms with Crippen LogP contribution in [0.25, 0.3) is 0 Å². The molecule has 0 aliphatic heterocycles. The van der Waals surface area contributed by atoms with Crippen LogP contribution in [0, 0.1) is 10.1 Å². The molecule has 2 aromatic rings. The molecule has 0 unspecified atom stereocenters. The second-order valence-corrected chi connectivity index (χ2v) is 6.47. The number of likely N-dealkylation sites (N-methyl/N-ethyl adjacent to an activating group) is 1. The number of nitro benzene ring substituents is 1. The normalized spacial score (nSPS) is 11.2. The fraction of sp³-hybridized carbons (Fsp3) is 0.429. The number of ether oxygens (including phenoxy) is 3. The number of aliphatic hydroxyl groups excluding tert-OH is 1. The van der Waals surface area contributed by atoms with E-state index in [4.69, 9.17) is 19.3 Å². The number of nitro groups is 1. The Labute approximate surface area is 181 Å².